The Kier molecular flexibility index (Phi) is 3.24. The van der Waals surface area contributed by atoms with E-state index in [-0.39, 0.29) is 0 Å². The molecule has 0 radical (unpaired) electrons. The highest BCUT2D eigenvalue weighted by molar-refractivity contribution is 6.03. The Balaban J connectivity index is 1.97. The van der Waals surface area contributed by atoms with Gasteiger partial charge in [0.05, 0.1) is 7.11 Å². The molecule has 0 aromatic rings. The van der Waals surface area contributed by atoms with Gasteiger partial charge in [0, 0.05) is 0 Å². The maximum atomic E-state index is 4.35. The summed E-state index contributed by atoms with van der Waals surface area (Å²) in [5, 5.41) is 2.57. The molecule has 0 heterocycles. The minimum atomic E-state index is 0.917. The van der Waals surface area contributed by atoms with Crippen LogP contribution in [0, 0.1) is 0 Å². The molecular formula is CH7NOSi. The third-order valence-electron chi connectivity index (χ3n) is 0.204. The normalized spacial score (nSPS) is 8.25. The SMILES string of the molecule is CON[SiH3]. The molecule has 0 aromatic carbocycles. The molecule has 1 N–H and O–H groups in total. The highest BCUT2D eigenvalue weighted by atomic mass is 28.2. The van der Waals surface area contributed by atoms with Crippen molar-refractivity contribution in [3.8, 4) is 0 Å². The second-order valence-corrected chi connectivity index (χ2v) is 0.816. The first-order valence-corrected chi connectivity index (χ1v) is 2.11. The maximum absolute atomic E-state index is 4.35. The monoisotopic (exact) mass is 77.0 g/mol. The Morgan fingerprint density at radius 1 is 2.00 bits per heavy atom. The summed E-state index contributed by atoms with van der Waals surface area (Å²) >= 11 is 0. The lowest BCUT2D eigenvalue weighted by molar-refractivity contribution is 0.156. The standard InChI is InChI=1S/CH7NOSi/c1-3-2-4/h2H,1,4H3. The Labute approximate surface area is 28.6 Å². The van der Waals surface area contributed by atoms with Gasteiger partial charge in [-0.15, -0.1) is 0 Å². The van der Waals surface area contributed by atoms with Gasteiger partial charge in [-0.05, 0) is 0 Å². The third-order valence-corrected chi connectivity index (χ3v) is 0.612. The fraction of sp³-hybridized carbons (Fsp3) is 1.00. The topological polar surface area (TPSA) is 21.3 Å². The third kappa shape index (κ3) is 2.14. The molecule has 0 bridgehead atoms. The molecule has 2 nitrogen and oxygen atoms in total. The second kappa shape index (κ2) is 3.14. The zero-order valence-corrected chi connectivity index (χ0v) is 4.91. The zero-order chi connectivity index (χ0) is 3.41. The van der Waals surface area contributed by atoms with Crippen LogP contribution in [0.2, 0.25) is 0 Å². The first kappa shape index (κ1) is 4.14. The highest BCUT2D eigenvalue weighted by Gasteiger charge is 1.46. The lowest BCUT2D eigenvalue weighted by Crippen LogP contribution is -2.03. The Hall–Kier alpha value is 0.137. The predicted molar refractivity (Wildman–Crippen MR) is 20.1 cm³/mol. The van der Waals surface area contributed by atoms with E-state index in [0.717, 1.165) is 10.4 Å². The van der Waals surface area contributed by atoms with Crippen molar-refractivity contribution in [1.29, 1.82) is 0 Å². The summed E-state index contributed by atoms with van der Waals surface area (Å²) in [5.41, 5.74) is 0. The zero-order valence-electron chi connectivity index (χ0n) is 2.91. The van der Waals surface area contributed by atoms with Gasteiger partial charge in [-0.2, -0.15) is 0 Å². The lowest BCUT2D eigenvalue weighted by atomic mass is 11.7. The van der Waals surface area contributed by atoms with Gasteiger partial charge in [0.25, 0.3) is 0 Å². The van der Waals surface area contributed by atoms with Crippen LogP contribution in [-0.4, -0.2) is 17.5 Å². The molecule has 0 aliphatic rings. The maximum Gasteiger partial charge on any atom is 0.109 e. The van der Waals surface area contributed by atoms with E-state index in [1.165, 1.54) is 0 Å². The average Bonchev–Trinajstić information content (AvgIpc) is 1.37. The van der Waals surface area contributed by atoms with Gasteiger partial charge in [-0.25, -0.2) is 5.15 Å². The van der Waals surface area contributed by atoms with Crippen LogP contribution in [0.4, 0.5) is 0 Å². The average molecular weight is 77.2 g/mol. The van der Waals surface area contributed by atoms with Crippen LogP contribution in [0.25, 0.3) is 0 Å². The van der Waals surface area contributed by atoms with Crippen LogP contribution in [0.5, 0.6) is 0 Å². The van der Waals surface area contributed by atoms with E-state index < -0.39 is 0 Å². The molecule has 0 aliphatic carbocycles. The molecule has 0 aromatic heterocycles. The molecule has 3 heteroatoms. The van der Waals surface area contributed by atoms with Crippen molar-refractivity contribution in [1.82, 2.24) is 5.15 Å². The molecule has 0 saturated carbocycles. The van der Waals surface area contributed by atoms with Crippen molar-refractivity contribution in [3.05, 3.63) is 0 Å². The van der Waals surface area contributed by atoms with Gasteiger partial charge in [-0.1, -0.05) is 0 Å². The second-order valence-electron chi connectivity index (χ2n) is 0.408. The highest BCUT2D eigenvalue weighted by Crippen LogP contribution is 1.30. The first-order chi connectivity index (χ1) is 1.91. The largest absolute Gasteiger partial charge is 0.313 e. The van der Waals surface area contributed by atoms with Crippen molar-refractivity contribution in [2.24, 2.45) is 0 Å². The molecule has 0 fully saturated rings. The molecular weight excluding hydrogens is 70.1 g/mol. The number of rotatable bonds is 1. The van der Waals surface area contributed by atoms with Gasteiger partial charge < -0.3 is 4.84 Å². The summed E-state index contributed by atoms with van der Waals surface area (Å²) in [6.45, 7) is 0. The summed E-state index contributed by atoms with van der Waals surface area (Å²) in [5.74, 6) is 0. The van der Waals surface area contributed by atoms with E-state index in [4.69, 9.17) is 0 Å². The van der Waals surface area contributed by atoms with E-state index in [1.807, 2.05) is 0 Å². The fourth-order valence-corrected chi connectivity index (χ4v) is 0. The summed E-state index contributed by atoms with van der Waals surface area (Å²) in [4.78, 5) is 4.35. The summed E-state index contributed by atoms with van der Waals surface area (Å²) in [6, 6.07) is 0. The van der Waals surface area contributed by atoms with E-state index in [1.54, 1.807) is 7.11 Å². The molecule has 0 atom stereocenters. The van der Waals surface area contributed by atoms with Crippen LogP contribution < -0.4 is 5.15 Å². The van der Waals surface area contributed by atoms with Gasteiger partial charge in [-0.3, -0.25) is 0 Å². The van der Waals surface area contributed by atoms with Crippen LogP contribution in [0.1, 0.15) is 0 Å². The minimum absolute atomic E-state index is 0.917. The van der Waals surface area contributed by atoms with Crippen LogP contribution >= 0.6 is 0 Å². The number of hydrogen-bond donors (Lipinski definition) is 1. The summed E-state index contributed by atoms with van der Waals surface area (Å²) < 4.78 is 0. The first-order valence-electron chi connectivity index (χ1n) is 1.11. The van der Waals surface area contributed by atoms with Crippen molar-refractivity contribution in [2.75, 3.05) is 7.11 Å². The minimum Gasteiger partial charge on any atom is -0.313 e. The van der Waals surface area contributed by atoms with Gasteiger partial charge in [0.1, 0.15) is 10.4 Å². The predicted octanol–water partition coefficient (Wildman–Crippen LogP) is -1.58. The van der Waals surface area contributed by atoms with E-state index in [0.29, 0.717) is 0 Å². The number of hydrogen-bond acceptors (Lipinski definition) is 2. The van der Waals surface area contributed by atoms with Crippen LogP contribution in [-0.2, 0) is 4.84 Å². The van der Waals surface area contributed by atoms with Gasteiger partial charge >= 0.3 is 0 Å². The lowest BCUT2D eigenvalue weighted by Gasteiger charge is -1.81. The van der Waals surface area contributed by atoms with Crippen molar-refractivity contribution in [3.63, 3.8) is 0 Å². The van der Waals surface area contributed by atoms with E-state index in [2.05, 4.69) is 9.98 Å². The van der Waals surface area contributed by atoms with Crippen LogP contribution in [0.3, 0.4) is 0 Å². The van der Waals surface area contributed by atoms with Crippen molar-refractivity contribution < 1.29 is 4.84 Å². The molecule has 0 saturated heterocycles. The molecule has 0 unspecified atom stereocenters. The van der Waals surface area contributed by atoms with Gasteiger partial charge in [0.2, 0.25) is 0 Å². The van der Waals surface area contributed by atoms with Crippen molar-refractivity contribution >= 4 is 10.4 Å². The summed E-state index contributed by atoms with van der Waals surface area (Å²) in [6.07, 6.45) is 0. The number of nitrogens with one attached hydrogen (secondary N) is 1. The van der Waals surface area contributed by atoms with Gasteiger partial charge in [0.15, 0.2) is 0 Å². The Morgan fingerprint density at radius 2 is 2.25 bits per heavy atom. The van der Waals surface area contributed by atoms with E-state index >= 15 is 0 Å². The molecule has 0 aliphatic heterocycles. The molecule has 0 amide bonds. The Morgan fingerprint density at radius 3 is 2.25 bits per heavy atom. The fourth-order valence-electron chi connectivity index (χ4n) is 0. The van der Waals surface area contributed by atoms with Crippen LogP contribution in [0.15, 0.2) is 0 Å². The summed E-state index contributed by atoms with van der Waals surface area (Å²) in [7, 11) is 2.52. The van der Waals surface area contributed by atoms with Crippen molar-refractivity contribution in [2.45, 2.75) is 0 Å². The smallest absolute Gasteiger partial charge is 0.109 e. The molecule has 0 rings (SSSR count). The van der Waals surface area contributed by atoms with E-state index in [9.17, 15) is 0 Å². The molecule has 0 spiro atoms. The quantitative estimate of drug-likeness (QED) is 0.301. The Bertz CT molecular complexity index is 10.0. The molecule has 26 valence electrons. The molecule has 4 heavy (non-hydrogen) atoms.